The second kappa shape index (κ2) is 11.0. The van der Waals surface area contributed by atoms with E-state index in [-0.39, 0.29) is 33.6 Å². The number of amidine groups is 1. The van der Waals surface area contributed by atoms with Gasteiger partial charge < -0.3 is 20.4 Å². The van der Waals surface area contributed by atoms with E-state index in [9.17, 15) is 17.6 Å². The van der Waals surface area contributed by atoms with Crippen molar-refractivity contribution in [3.8, 4) is 0 Å². The maximum atomic E-state index is 13.7. The Morgan fingerprint density at radius 2 is 1.78 bits per heavy atom. The van der Waals surface area contributed by atoms with Gasteiger partial charge in [-0.3, -0.25) is 9.52 Å². The molecule has 4 rings (SSSR count). The molecule has 1 fully saturated rings. The summed E-state index contributed by atoms with van der Waals surface area (Å²) in [4.78, 5) is 23.2. The van der Waals surface area contributed by atoms with Gasteiger partial charge in [-0.25, -0.2) is 17.8 Å². The van der Waals surface area contributed by atoms with E-state index in [4.69, 9.17) is 18.0 Å². The maximum absolute atomic E-state index is 13.7. The highest BCUT2D eigenvalue weighted by molar-refractivity contribution is 7.91. The lowest BCUT2D eigenvalue weighted by Crippen LogP contribution is -2.55. The second-order valence-electron chi connectivity index (χ2n) is 9.22. The lowest BCUT2D eigenvalue weighted by atomic mass is 9.99. The molecule has 198 valence electrons. The van der Waals surface area contributed by atoms with Gasteiger partial charge in [0.15, 0.2) is 0 Å². The number of aliphatic imine (C=N–C) groups is 1. The SMILES string of the molecule is C/C(N)=N/C(=S)NS(=O)(=O)c1ccc(N2CCN(C(=O)[C@@H](C)N3CCCc4cc(F)ccc43)CC2)cc1. The number of rotatable bonds is 5. The Morgan fingerprint density at radius 1 is 1.11 bits per heavy atom. The lowest BCUT2D eigenvalue weighted by Gasteiger charge is -2.41. The van der Waals surface area contributed by atoms with Crippen molar-refractivity contribution in [1.82, 2.24) is 9.62 Å². The number of benzene rings is 2. The number of sulfonamides is 1. The van der Waals surface area contributed by atoms with Crippen molar-refractivity contribution < 1.29 is 17.6 Å². The number of hydrogen-bond acceptors (Lipinski definition) is 6. The highest BCUT2D eigenvalue weighted by Crippen LogP contribution is 2.30. The molecule has 0 saturated carbocycles. The summed E-state index contributed by atoms with van der Waals surface area (Å²) in [5, 5.41) is -0.223. The predicted octanol–water partition coefficient (Wildman–Crippen LogP) is 2.26. The van der Waals surface area contributed by atoms with Crippen LogP contribution in [0.2, 0.25) is 0 Å². The third-order valence-electron chi connectivity index (χ3n) is 6.62. The summed E-state index contributed by atoms with van der Waals surface area (Å²) in [7, 11) is -3.87. The number of piperazine rings is 1. The number of anilines is 2. The van der Waals surface area contributed by atoms with Crippen molar-refractivity contribution in [2.75, 3.05) is 42.5 Å². The minimum absolute atomic E-state index is 0.0516. The zero-order valence-electron chi connectivity index (χ0n) is 20.9. The average molecular weight is 547 g/mol. The van der Waals surface area contributed by atoms with Crippen LogP contribution >= 0.6 is 12.2 Å². The number of nitrogens with one attached hydrogen (secondary N) is 1. The van der Waals surface area contributed by atoms with Gasteiger partial charge in [0.1, 0.15) is 11.9 Å². The van der Waals surface area contributed by atoms with E-state index in [0.29, 0.717) is 26.2 Å². The molecular weight excluding hydrogens is 515 g/mol. The molecule has 3 N–H and O–H groups in total. The number of hydrogen-bond donors (Lipinski definition) is 2. The predicted molar refractivity (Wildman–Crippen MR) is 147 cm³/mol. The molecule has 0 spiro atoms. The number of aryl methyl sites for hydroxylation is 1. The standard InChI is InChI=1S/C25H31FN6O3S2/c1-17(32-11-3-4-19-16-20(26)5-10-23(19)32)24(33)31-14-12-30(13-15-31)21-6-8-22(9-7-21)37(34,35)29-25(36)28-18(2)27/h5-10,16-17H,3-4,11-15H2,1-2H3,(H3,27,28,29,36)/t17-/m1/s1. The number of nitrogens with zero attached hydrogens (tertiary/aromatic N) is 4. The van der Waals surface area contributed by atoms with Gasteiger partial charge in [0.25, 0.3) is 10.0 Å². The molecule has 0 aromatic heterocycles. The van der Waals surface area contributed by atoms with Crippen molar-refractivity contribution in [3.05, 3.63) is 53.8 Å². The van der Waals surface area contributed by atoms with Crippen molar-refractivity contribution >= 4 is 50.5 Å². The third-order valence-corrected chi connectivity index (χ3v) is 8.30. The van der Waals surface area contributed by atoms with Crippen LogP contribution in [0.3, 0.4) is 0 Å². The first-order valence-electron chi connectivity index (χ1n) is 12.1. The Labute approximate surface area is 222 Å². The van der Waals surface area contributed by atoms with E-state index < -0.39 is 10.0 Å². The maximum Gasteiger partial charge on any atom is 0.263 e. The minimum atomic E-state index is -3.87. The molecule has 0 bridgehead atoms. The van der Waals surface area contributed by atoms with Crippen LogP contribution in [-0.4, -0.2) is 68.9 Å². The van der Waals surface area contributed by atoms with Gasteiger partial charge in [-0.1, -0.05) is 0 Å². The lowest BCUT2D eigenvalue weighted by molar-refractivity contribution is -0.132. The summed E-state index contributed by atoms with van der Waals surface area (Å²) >= 11 is 4.91. The molecule has 2 aromatic carbocycles. The first kappa shape index (κ1) is 26.8. The summed E-state index contributed by atoms with van der Waals surface area (Å²) in [6.07, 6.45) is 1.70. The number of nitrogens with two attached hydrogens (primary N) is 1. The molecule has 1 saturated heterocycles. The molecule has 12 heteroatoms. The Bertz CT molecular complexity index is 1300. The van der Waals surface area contributed by atoms with Crippen LogP contribution in [-0.2, 0) is 21.2 Å². The van der Waals surface area contributed by atoms with E-state index in [0.717, 1.165) is 36.3 Å². The number of halogens is 1. The summed E-state index contributed by atoms with van der Waals surface area (Å²) in [5.41, 5.74) is 8.19. The molecular formula is C25H31FN6O3S2. The van der Waals surface area contributed by atoms with E-state index in [1.54, 1.807) is 24.3 Å². The zero-order chi connectivity index (χ0) is 26.7. The van der Waals surface area contributed by atoms with Crippen LogP contribution in [0.5, 0.6) is 0 Å². The van der Waals surface area contributed by atoms with Crippen molar-refractivity contribution in [3.63, 3.8) is 0 Å². The molecule has 2 aromatic rings. The number of amides is 1. The first-order valence-corrected chi connectivity index (χ1v) is 14.0. The molecule has 0 aliphatic carbocycles. The van der Waals surface area contributed by atoms with Crippen molar-refractivity contribution in [1.29, 1.82) is 0 Å². The first-order chi connectivity index (χ1) is 17.5. The Balaban J connectivity index is 1.36. The van der Waals surface area contributed by atoms with Crippen LogP contribution in [0.15, 0.2) is 52.4 Å². The second-order valence-corrected chi connectivity index (χ2v) is 11.3. The fourth-order valence-corrected chi connectivity index (χ4v) is 6.13. The molecule has 0 unspecified atom stereocenters. The minimum Gasteiger partial charge on any atom is -0.387 e. The normalized spacial score (nSPS) is 17.3. The van der Waals surface area contributed by atoms with Gasteiger partial charge in [-0.2, -0.15) is 0 Å². The summed E-state index contributed by atoms with van der Waals surface area (Å²) in [6.45, 7) is 6.54. The summed E-state index contributed by atoms with van der Waals surface area (Å²) < 4.78 is 41.0. The summed E-state index contributed by atoms with van der Waals surface area (Å²) in [5.74, 6) is -0.0428. The van der Waals surface area contributed by atoms with Gasteiger partial charge in [0, 0.05) is 44.1 Å². The number of thiocarbonyl (C=S) groups is 1. The molecule has 1 atom stereocenters. The van der Waals surface area contributed by atoms with Gasteiger partial charge in [-0.05, 0) is 86.9 Å². The zero-order valence-corrected chi connectivity index (χ0v) is 22.5. The number of fused-ring (bicyclic) bond motifs is 1. The van der Waals surface area contributed by atoms with Crippen LogP contribution in [0.25, 0.3) is 0 Å². The topological polar surface area (TPSA) is 111 Å². The Kier molecular flexibility index (Phi) is 7.98. The molecule has 2 heterocycles. The largest absolute Gasteiger partial charge is 0.387 e. The fourth-order valence-electron chi connectivity index (χ4n) is 4.77. The number of carbonyl (C=O) groups excluding carboxylic acids is 1. The van der Waals surface area contributed by atoms with E-state index in [2.05, 4.69) is 19.5 Å². The van der Waals surface area contributed by atoms with E-state index >= 15 is 0 Å². The van der Waals surface area contributed by atoms with Gasteiger partial charge in [-0.15, -0.1) is 0 Å². The Hall–Kier alpha value is -3.25. The smallest absolute Gasteiger partial charge is 0.263 e. The number of carbonyl (C=O) groups is 1. The molecule has 2 aliphatic heterocycles. The van der Waals surface area contributed by atoms with Crippen LogP contribution in [0.4, 0.5) is 15.8 Å². The highest BCUT2D eigenvalue weighted by Gasteiger charge is 2.31. The molecule has 1 amide bonds. The van der Waals surface area contributed by atoms with E-state index in [1.807, 2.05) is 11.8 Å². The fraction of sp³-hybridized carbons (Fsp3) is 0.400. The van der Waals surface area contributed by atoms with E-state index in [1.165, 1.54) is 25.1 Å². The Morgan fingerprint density at radius 3 is 2.43 bits per heavy atom. The molecule has 2 aliphatic rings. The highest BCUT2D eigenvalue weighted by atomic mass is 32.2. The molecule has 0 radical (unpaired) electrons. The average Bonchev–Trinajstić information content (AvgIpc) is 2.86. The monoisotopic (exact) mass is 546 g/mol. The van der Waals surface area contributed by atoms with Gasteiger partial charge in [0.05, 0.1) is 10.7 Å². The molecule has 37 heavy (non-hydrogen) atoms. The van der Waals surface area contributed by atoms with Gasteiger partial charge >= 0.3 is 0 Å². The van der Waals surface area contributed by atoms with Crippen molar-refractivity contribution in [2.45, 2.75) is 37.6 Å². The molecule has 9 nitrogen and oxygen atoms in total. The van der Waals surface area contributed by atoms with Crippen LogP contribution < -0.4 is 20.3 Å². The third kappa shape index (κ3) is 6.19. The summed E-state index contributed by atoms with van der Waals surface area (Å²) in [6, 6.07) is 10.9. The van der Waals surface area contributed by atoms with Crippen molar-refractivity contribution in [2.24, 2.45) is 10.7 Å². The van der Waals surface area contributed by atoms with Crippen LogP contribution in [0, 0.1) is 5.82 Å². The quantitative estimate of drug-likeness (QED) is 0.336. The van der Waals surface area contributed by atoms with Crippen LogP contribution in [0.1, 0.15) is 25.8 Å². The van der Waals surface area contributed by atoms with Gasteiger partial charge in [0.2, 0.25) is 11.0 Å².